The summed E-state index contributed by atoms with van der Waals surface area (Å²) in [6.45, 7) is 4.40. The van der Waals surface area contributed by atoms with Crippen LogP contribution in [-0.2, 0) is 0 Å². The van der Waals surface area contributed by atoms with Crippen LogP contribution in [0.2, 0.25) is 0 Å². The molecule has 3 heteroatoms. The van der Waals surface area contributed by atoms with Gasteiger partial charge >= 0.3 is 0 Å². The number of thiophene rings is 1. The van der Waals surface area contributed by atoms with Gasteiger partial charge in [-0.05, 0) is 53.9 Å². The van der Waals surface area contributed by atoms with Crippen LogP contribution in [0.3, 0.4) is 0 Å². The fourth-order valence-electron chi connectivity index (χ4n) is 1.86. The zero-order valence-corrected chi connectivity index (χ0v) is 12.4. The summed E-state index contributed by atoms with van der Waals surface area (Å²) >= 11 is 5.26. The van der Waals surface area contributed by atoms with Crippen molar-refractivity contribution in [2.75, 3.05) is 0 Å². The van der Waals surface area contributed by atoms with Gasteiger partial charge in [-0.2, -0.15) is 11.3 Å². The van der Waals surface area contributed by atoms with Gasteiger partial charge in [0.25, 0.3) is 0 Å². The Morgan fingerprint density at radius 3 is 2.53 bits per heavy atom. The van der Waals surface area contributed by atoms with Gasteiger partial charge in [0.2, 0.25) is 0 Å². The first kappa shape index (κ1) is 12.8. The summed E-state index contributed by atoms with van der Waals surface area (Å²) in [6, 6.07) is 11.4. The maximum Gasteiger partial charge on any atom is 0.0305 e. The summed E-state index contributed by atoms with van der Waals surface area (Å²) in [7, 11) is 0. The molecule has 0 saturated heterocycles. The van der Waals surface area contributed by atoms with Crippen LogP contribution >= 0.6 is 27.3 Å². The Morgan fingerprint density at radius 2 is 1.88 bits per heavy atom. The molecule has 0 aliphatic carbocycles. The maximum absolute atomic E-state index is 3.61. The van der Waals surface area contributed by atoms with Crippen molar-refractivity contribution < 1.29 is 0 Å². The topological polar surface area (TPSA) is 12.0 Å². The van der Waals surface area contributed by atoms with E-state index in [9.17, 15) is 0 Å². The van der Waals surface area contributed by atoms with Gasteiger partial charge in [-0.15, -0.1) is 0 Å². The molecule has 17 heavy (non-hydrogen) atoms. The van der Waals surface area contributed by atoms with Gasteiger partial charge in [0.1, 0.15) is 0 Å². The lowest BCUT2D eigenvalue weighted by Crippen LogP contribution is -2.22. The first-order valence-electron chi connectivity index (χ1n) is 5.70. The molecule has 0 amide bonds. The summed E-state index contributed by atoms with van der Waals surface area (Å²) in [5.41, 5.74) is 2.67. The third kappa shape index (κ3) is 3.41. The third-order valence-corrected chi connectivity index (χ3v) is 4.09. The monoisotopic (exact) mass is 309 g/mol. The smallest absolute Gasteiger partial charge is 0.0305 e. The Bertz CT molecular complexity index is 467. The Balaban J connectivity index is 2.04. The van der Waals surface area contributed by atoms with E-state index in [0.29, 0.717) is 12.1 Å². The average molecular weight is 310 g/mol. The SMILES string of the molecule is CC(N[C@@H](C)c1cccc(Br)c1)c1ccsc1. The Kier molecular flexibility index (Phi) is 4.37. The van der Waals surface area contributed by atoms with Crippen molar-refractivity contribution in [3.05, 3.63) is 56.7 Å². The quantitative estimate of drug-likeness (QED) is 0.845. The number of halogens is 1. The van der Waals surface area contributed by atoms with Crippen LogP contribution in [0.5, 0.6) is 0 Å². The lowest BCUT2D eigenvalue weighted by atomic mass is 10.1. The molecule has 0 saturated carbocycles. The Hall–Kier alpha value is -0.640. The molecule has 0 radical (unpaired) electrons. The van der Waals surface area contributed by atoms with Crippen LogP contribution in [0.25, 0.3) is 0 Å². The van der Waals surface area contributed by atoms with E-state index < -0.39 is 0 Å². The zero-order chi connectivity index (χ0) is 12.3. The molecule has 1 heterocycles. The summed E-state index contributed by atoms with van der Waals surface area (Å²) in [5, 5.41) is 7.93. The lowest BCUT2D eigenvalue weighted by molar-refractivity contribution is 0.495. The van der Waals surface area contributed by atoms with Gasteiger partial charge in [-0.25, -0.2) is 0 Å². The highest BCUT2D eigenvalue weighted by Gasteiger charge is 2.11. The molecule has 2 aromatic rings. The molecule has 2 rings (SSSR count). The van der Waals surface area contributed by atoms with Crippen LogP contribution in [0.1, 0.15) is 37.1 Å². The second-order valence-corrected chi connectivity index (χ2v) is 5.92. The normalized spacial score (nSPS) is 14.5. The molecule has 90 valence electrons. The molecular weight excluding hydrogens is 294 g/mol. The summed E-state index contributed by atoms with van der Waals surface area (Å²) in [4.78, 5) is 0. The van der Waals surface area contributed by atoms with Crippen molar-refractivity contribution in [3.63, 3.8) is 0 Å². The molecule has 1 unspecified atom stereocenters. The Labute approximate surface area is 115 Å². The van der Waals surface area contributed by atoms with Crippen molar-refractivity contribution >= 4 is 27.3 Å². The minimum Gasteiger partial charge on any atom is -0.304 e. The van der Waals surface area contributed by atoms with E-state index in [1.165, 1.54) is 11.1 Å². The van der Waals surface area contributed by atoms with Crippen molar-refractivity contribution in [2.45, 2.75) is 25.9 Å². The van der Waals surface area contributed by atoms with Gasteiger partial charge < -0.3 is 5.32 Å². The van der Waals surface area contributed by atoms with Gasteiger partial charge in [-0.1, -0.05) is 28.1 Å². The first-order chi connectivity index (χ1) is 8.16. The molecule has 1 nitrogen and oxygen atoms in total. The van der Waals surface area contributed by atoms with Crippen molar-refractivity contribution in [2.24, 2.45) is 0 Å². The average Bonchev–Trinajstić information content (AvgIpc) is 2.82. The second kappa shape index (κ2) is 5.80. The summed E-state index contributed by atoms with van der Waals surface area (Å²) in [5.74, 6) is 0. The van der Waals surface area contributed by atoms with Gasteiger partial charge in [0.15, 0.2) is 0 Å². The van der Waals surface area contributed by atoms with Crippen molar-refractivity contribution in [1.29, 1.82) is 0 Å². The predicted octanol–water partition coefficient (Wildman–Crippen LogP) is 4.92. The number of rotatable bonds is 4. The van der Waals surface area contributed by atoms with Crippen molar-refractivity contribution in [3.8, 4) is 0 Å². The highest BCUT2D eigenvalue weighted by molar-refractivity contribution is 9.10. The minimum absolute atomic E-state index is 0.349. The third-order valence-electron chi connectivity index (χ3n) is 2.89. The predicted molar refractivity (Wildman–Crippen MR) is 78.4 cm³/mol. The van der Waals surface area contributed by atoms with E-state index in [1.54, 1.807) is 11.3 Å². The standard InChI is InChI=1S/C14H16BrNS/c1-10(12-4-3-5-14(15)8-12)16-11(2)13-6-7-17-9-13/h3-11,16H,1-2H3/t10-,11?/m0/s1. The number of nitrogens with one attached hydrogen (secondary N) is 1. The van der Waals surface area contributed by atoms with Gasteiger partial charge in [0, 0.05) is 16.6 Å². The zero-order valence-electron chi connectivity index (χ0n) is 9.98. The highest BCUT2D eigenvalue weighted by Crippen LogP contribution is 2.22. The van der Waals surface area contributed by atoms with E-state index in [-0.39, 0.29) is 0 Å². The number of benzene rings is 1. The van der Waals surface area contributed by atoms with E-state index in [0.717, 1.165) is 4.47 Å². The fraction of sp³-hybridized carbons (Fsp3) is 0.286. The number of hydrogen-bond acceptors (Lipinski definition) is 2. The molecular formula is C14H16BrNS. The van der Waals surface area contributed by atoms with Crippen LogP contribution in [0, 0.1) is 0 Å². The molecule has 0 bridgehead atoms. The van der Waals surface area contributed by atoms with Crippen LogP contribution in [0.15, 0.2) is 45.6 Å². The molecule has 1 aromatic carbocycles. The van der Waals surface area contributed by atoms with Crippen LogP contribution in [-0.4, -0.2) is 0 Å². The molecule has 0 spiro atoms. The van der Waals surface area contributed by atoms with E-state index >= 15 is 0 Å². The van der Waals surface area contributed by atoms with E-state index in [1.807, 2.05) is 0 Å². The van der Waals surface area contributed by atoms with Crippen molar-refractivity contribution in [1.82, 2.24) is 5.32 Å². The minimum atomic E-state index is 0.349. The van der Waals surface area contributed by atoms with Crippen LogP contribution < -0.4 is 5.32 Å². The highest BCUT2D eigenvalue weighted by atomic mass is 79.9. The second-order valence-electron chi connectivity index (χ2n) is 4.22. The largest absolute Gasteiger partial charge is 0.304 e. The molecule has 2 atom stereocenters. The first-order valence-corrected chi connectivity index (χ1v) is 7.44. The van der Waals surface area contributed by atoms with E-state index in [2.05, 4.69) is 76.2 Å². The molecule has 1 N–H and O–H groups in total. The van der Waals surface area contributed by atoms with Gasteiger partial charge in [-0.3, -0.25) is 0 Å². The maximum atomic E-state index is 3.61. The summed E-state index contributed by atoms with van der Waals surface area (Å²) < 4.78 is 1.13. The van der Waals surface area contributed by atoms with E-state index in [4.69, 9.17) is 0 Å². The summed E-state index contributed by atoms with van der Waals surface area (Å²) in [6.07, 6.45) is 0. The molecule has 0 aliphatic heterocycles. The lowest BCUT2D eigenvalue weighted by Gasteiger charge is -2.20. The fourth-order valence-corrected chi connectivity index (χ4v) is 3.04. The van der Waals surface area contributed by atoms with Gasteiger partial charge in [0.05, 0.1) is 0 Å². The number of hydrogen-bond donors (Lipinski definition) is 1. The molecule has 1 aromatic heterocycles. The Morgan fingerprint density at radius 1 is 1.12 bits per heavy atom. The molecule has 0 aliphatic rings. The van der Waals surface area contributed by atoms with Crippen LogP contribution in [0.4, 0.5) is 0 Å². The molecule has 0 fully saturated rings.